The van der Waals surface area contributed by atoms with Gasteiger partial charge in [-0.25, -0.2) is 17.7 Å². The Kier molecular flexibility index (Phi) is 4.64. The Labute approximate surface area is 127 Å². The Morgan fingerprint density at radius 2 is 1.95 bits per heavy atom. The second-order valence-electron chi connectivity index (χ2n) is 4.24. The minimum absolute atomic E-state index is 0.272. The van der Waals surface area contributed by atoms with Crippen molar-refractivity contribution in [3.8, 4) is 0 Å². The first-order valence-electron chi connectivity index (χ1n) is 5.76. The number of hydrogen-bond donors (Lipinski definition) is 1. The van der Waals surface area contributed by atoms with Crippen molar-refractivity contribution in [2.75, 3.05) is 19.4 Å². The summed E-state index contributed by atoms with van der Waals surface area (Å²) in [5.41, 5.74) is 0.840. The maximum absolute atomic E-state index is 11.9. The van der Waals surface area contributed by atoms with Gasteiger partial charge in [-0.05, 0) is 24.3 Å². The lowest BCUT2D eigenvalue weighted by Crippen LogP contribution is -2.22. The zero-order valence-corrected chi connectivity index (χ0v) is 13.4. The first-order valence-corrected chi connectivity index (χ1v) is 8.40. The molecule has 0 radical (unpaired) electrons. The number of halogens is 1. The van der Waals surface area contributed by atoms with Gasteiger partial charge in [-0.2, -0.15) is 0 Å². The van der Waals surface area contributed by atoms with Crippen molar-refractivity contribution in [1.29, 1.82) is 0 Å². The summed E-state index contributed by atoms with van der Waals surface area (Å²) in [6.07, 6.45) is 1.71. The molecule has 108 valence electrons. The molecule has 0 amide bonds. The van der Waals surface area contributed by atoms with E-state index in [4.69, 9.17) is 11.6 Å². The molecule has 1 N–H and O–H groups in total. The van der Waals surface area contributed by atoms with Crippen LogP contribution in [0.1, 0.15) is 4.88 Å². The van der Waals surface area contributed by atoms with E-state index in [1.54, 1.807) is 30.5 Å². The molecule has 8 heteroatoms. The van der Waals surface area contributed by atoms with E-state index in [1.807, 2.05) is 0 Å². The van der Waals surface area contributed by atoms with Crippen LogP contribution in [-0.2, 0) is 16.6 Å². The number of anilines is 1. The fourth-order valence-corrected chi connectivity index (χ4v) is 3.33. The summed E-state index contributed by atoms with van der Waals surface area (Å²) in [4.78, 5) is 5.24. The van der Waals surface area contributed by atoms with E-state index < -0.39 is 10.0 Å². The van der Waals surface area contributed by atoms with E-state index in [9.17, 15) is 8.42 Å². The number of hydrogen-bond acceptors (Lipinski definition) is 5. The van der Waals surface area contributed by atoms with Gasteiger partial charge in [0.1, 0.15) is 0 Å². The first-order chi connectivity index (χ1) is 9.39. The van der Waals surface area contributed by atoms with Crippen molar-refractivity contribution in [3.05, 3.63) is 39.8 Å². The maximum Gasteiger partial charge on any atom is 0.242 e. The smallest absolute Gasteiger partial charge is 0.242 e. The van der Waals surface area contributed by atoms with E-state index in [0.717, 1.165) is 10.6 Å². The van der Waals surface area contributed by atoms with Crippen LogP contribution in [0.4, 0.5) is 5.69 Å². The summed E-state index contributed by atoms with van der Waals surface area (Å²) >= 11 is 7.16. The van der Waals surface area contributed by atoms with Crippen molar-refractivity contribution in [1.82, 2.24) is 9.29 Å². The molecule has 0 spiro atoms. The molecule has 1 heterocycles. The normalized spacial score (nSPS) is 11.8. The Morgan fingerprint density at radius 3 is 2.45 bits per heavy atom. The molecule has 0 saturated heterocycles. The lowest BCUT2D eigenvalue weighted by atomic mass is 10.3. The molecule has 0 bridgehead atoms. The van der Waals surface area contributed by atoms with Crippen molar-refractivity contribution in [2.24, 2.45) is 0 Å². The fourth-order valence-electron chi connectivity index (χ4n) is 1.51. The van der Waals surface area contributed by atoms with Crippen LogP contribution in [-0.4, -0.2) is 31.8 Å². The highest BCUT2D eigenvalue weighted by atomic mass is 35.5. The Balaban J connectivity index is 2.05. The van der Waals surface area contributed by atoms with E-state index in [1.165, 1.54) is 29.7 Å². The van der Waals surface area contributed by atoms with E-state index in [-0.39, 0.29) is 4.90 Å². The van der Waals surface area contributed by atoms with E-state index in [0.29, 0.717) is 11.0 Å². The molecule has 0 aliphatic heterocycles. The Hall–Kier alpha value is -1.15. The van der Waals surface area contributed by atoms with Gasteiger partial charge >= 0.3 is 0 Å². The third kappa shape index (κ3) is 3.49. The molecule has 0 saturated carbocycles. The van der Waals surface area contributed by atoms with Crippen LogP contribution in [0.5, 0.6) is 0 Å². The van der Waals surface area contributed by atoms with Crippen molar-refractivity contribution in [2.45, 2.75) is 11.4 Å². The third-order valence-corrected chi connectivity index (χ3v) is 5.57. The standard InChI is InChI=1S/C12H14ClN3O2S2/c1-16(2)20(17,18)11-5-3-9(4-6-11)14-7-10-8-15-12(13)19-10/h3-6,8,14H,7H2,1-2H3. The molecular formula is C12H14ClN3O2S2. The zero-order chi connectivity index (χ0) is 14.8. The maximum atomic E-state index is 11.9. The summed E-state index contributed by atoms with van der Waals surface area (Å²) in [5, 5.41) is 3.19. The van der Waals surface area contributed by atoms with Crippen LogP contribution in [0.15, 0.2) is 35.4 Å². The molecule has 5 nitrogen and oxygen atoms in total. The molecule has 2 rings (SSSR count). The molecule has 0 fully saturated rings. The third-order valence-electron chi connectivity index (χ3n) is 2.62. The minimum atomic E-state index is -3.38. The summed E-state index contributed by atoms with van der Waals surface area (Å²) in [7, 11) is -0.359. The molecule has 1 aromatic carbocycles. The molecule has 20 heavy (non-hydrogen) atoms. The zero-order valence-electron chi connectivity index (χ0n) is 11.0. The fraction of sp³-hybridized carbons (Fsp3) is 0.250. The predicted octanol–water partition coefficient (Wildman–Crippen LogP) is 2.66. The highest BCUT2D eigenvalue weighted by Gasteiger charge is 2.16. The van der Waals surface area contributed by atoms with E-state index in [2.05, 4.69) is 10.3 Å². The number of nitrogens with zero attached hydrogens (tertiary/aromatic N) is 2. The summed E-state index contributed by atoms with van der Waals surface area (Å²) in [6.45, 7) is 0.601. The predicted molar refractivity (Wildman–Crippen MR) is 81.8 cm³/mol. The average Bonchev–Trinajstić information content (AvgIpc) is 2.82. The van der Waals surface area contributed by atoms with Gasteiger partial charge in [0.15, 0.2) is 4.47 Å². The van der Waals surface area contributed by atoms with Crippen molar-refractivity contribution in [3.63, 3.8) is 0 Å². The van der Waals surface area contributed by atoms with Crippen LogP contribution in [0, 0.1) is 0 Å². The lowest BCUT2D eigenvalue weighted by molar-refractivity contribution is 0.521. The van der Waals surface area contributed by atoms with Gasteiger partial charge in [0.25, 0.3) is 0 Å². The second-order valence-corrected chi connectivity index (χ2v) is 8.09. The largest absolute Gasteiger partial charge is 0.380 e. The number of benzene rings is 1. The van der Waals surface area contributed by atoms with Gasteiger partial charge in [0.05, 0.1) is 11.4 Å². The Morgan fingerprint density at radius 1 is 1.30 bits per heavy atom. The summed E-state index contributed by atoms with van der Waals surface area (Å²) < 4.78 is 25.5. The number of nitrogens with one attached hydrogen (secondary N) is 1. The summed E-state index contributed by atoms with van der Waals surface area (Å²) in [5.74, 6) is 0. The van der Waals surface area contributed by atoms with Gasteiger partial charge in [0, 0.05) is 30.9 Å². The van der Waals surface area contributed by atoms with Crippen molar-refractivity contribution >= 4 is 38.6 Å². The number of thiazole rings is 1. The quantitative estimate of drug-likeness (QED) is 0.915. The molecular weight excluding hydrogens is 318 g/mol. The molecule has 0 aliphatic rings. The van der Waals surface area contributed by atoms with Crippen LogP contribution in [0.25, 0.3) is 0 Å². The van der Waals surface area contributed by atoms with Crippen LogP contribution < -0.4 is 5.32 Å². The molecule has 0 atom stereocenters. The SMILES string of the molecule is CN(C)S(=O)(=O)c1ccc(NCc2cnc(Cl)s2)cc1. The summed E-state index contributed by atoms with van der Waals surface area (Å²) in [6, 6.07) is 6.63. The second kappa shape index (κ2) is 6.09. The average molecular weight is 332 g/mol. The topological polar surface area (TPSA) is 62.3 Å². The van der Waals surface area contributed by atoms with Gasteiger partial charge in [-0.1, -0.05) is 11.6 Å². The van der Waals surface area contributed by atoms with Gasteiger partial charge in [0.2, 0.25) is 10.0 Å². The van der Waals surface area contributed by atoms with Crippen LogP contribution >= 0.6 is 22.9 Å². The molecule has 0 unspecified atom stereocenters. The number of aromatic nitrogens is 1. The van der Waals surface area contributed by atoms with Gasteiger partial charge in [-0.15, -0.1) is 11.3 Å². The van der Waals surface area contributed by atoms with Crippen LogP contribution in [0.3, 0.4) is 0 Å². The first kappa shape index (κ1) is 15.2. The Bertz CT molecular complexity index is 681. The van der Waals surface area contributed by atoms with Gasteiger partial charge < -0.3 is 5.32 Å². The van der Waals surface area contributed by atoms with Gasteiger partial charge in [-0.3, -0.25) is 0 Å². The molecule has 1 aromatic heterocycles. The number of rotatable bonds is 5. The highest BCUT2D eigenvalue weighted by Crippen LogP contribution is 2.20. The van der Waals surface area contributed by atoms with Crippen molar-refractivity contribution < 1.29 is 8.42 Å². The minimum Gasteiger partial charge on any atom is -0.380 e. The molecule has 2 aromatic rings. The lowest BCUT2D eigenvalue weighted by Gasteiger charge is -2.12. The van der Waals surface area contributed by atoms with Crippen LogP contribution in [0.2, 0.25) is 4.47 Å². The highest BCUT2D eigenvalue weighted by molar-refractivity contribution is 7.89. The molecule has 0 aliphatic carbocycles. The van der Waals surface area contributed by atoms with E-state index >= 15 is 0 Å². The monoisotopic (exact) mass is 331 g/mol. The number of sulfonamides is 1.